The highest BCUT2D eigenvalue weighted by Gasteiger charge is 2.37. The van der Waals surface area contributed by atoms with Gasteiger partial charge in [-0.25, -0.2) is 0 Å². The van der Waals surface area contributed by atoms with Gasteiger partial charge in [-0.2, -0.15) is 0 Å². The van der Waals surface area contributed by atoms with Gasteiger partial charge in [0, 0.05) is 9.26 Å². The van der Waals surface area contributed by atoms with Gasteiger partial charge in [0.2, 0.25) is 5.91 Å². The molecule has 0 aromatic heterocycles. The van der Waals surface area contributed by atoms with E-state index in [0.717, 1.165) is 28.8 Å². The summed E-state index contributed by atoms with van der Waals surface area (Å²) in [6.45, 7) is 4.10. The van der Waals surface area contributed by atoms with Gasteiger partial charge < -0.3 is 5.32 Å². The molecule has 0 heterocycles. The topological polar surface area (TPSA) is 29.1 Å². The molecule has 0 aliphatic carbocycles. The molecule has 2 nitrogen and oxygen atoms in total. The second-order valence-electron chi connectivity index (χ2n) is 6.47. The first-order valence-corrected chi connectivity index (χ1v) is 9.84. The average molecular weight is 455 g/mol. The summed E-state index contributed by atoms with van der Waals surface area (Å²) in [4.78, 5) is 13.5. The van der Waals surface area contributed by atoms with E-state index < -0.39 is 5.41 Å². The molecule has 0 saturated carbocycles. The summed E-state index contributed by atoms with van der Waals surface area (Å²) in [5, 5.41) is 3.18. The average Bonchev–Trinajstić information content (AvgIpc) is 2.69. The van der Waals surface area contributed by atoms with E-state index in [4.69, 9.17) is 0 Å². The van der Waals surface area contributed by atoms with Gasteiger partial charge in [0.1, 0.15) is 0 Å². The number of carbonyl (C=O) groups is 1. The molecule has 3 rings (SSSR count). The SMILES string of the molecule is CCc1cc(I)ccc1NC(=O)C(C)(c1ccccc1)c1ccccc1. The Balaban J connectivity index is 2.05. The monoisotopic (exact) mass is 455 g/mol. The van der Waals surface area contributed by atoms with Crippen molar-refractivity contribution in [3.8, 4) is 0 Å². The second kappa shape index (κ2) is 8.04. The third-order valence-electron chi connectivity index (χ3n) is 4.85. The summed E-state index contributed by atoms with van der Waals surface area (Å²) >= 11 is 2.30. The minimum absolute atomic E-state index is 0.0224. The Labute approximate surface area is 168 Å². The van der Waals surface area contributed by atoms with Gasteiger partial charge >= 0.3 is 0 Å². The van der Waals surface area contributed by atoms with Crippen LogP contribution in [0.4, 0.5) is 5.69 Å². The molecule has 3 aromatic rings. The molecule has 0 aliphatic heterocycles. The van der Waals surface area contributed by atoms with E-state index in [0.29, 0.717) is 0 Å². The number of benzene rings is 3. The number of aryl methyl sites for hydroxylation is 1. The summed E-state index contributed by atoms with van der Waals surface area (Å²) in [7, 11) is 0. The molecule has 0 radical (unpaired) electrons. The molecule has 3 heteroatoms. The standard InChI is InChI=1S/C23H22INO/c1-3-17-16-20(24)14-15-21(17)25-22(26)23(2,18-10-6-4-7-11-18)19-12-8-5-9-13-19/h4-16H,3H2,1-2H3,(H,25,26). The van der Waals surface area contributed by atoms with E-state index in [9.17, 15) is 4.79 Å². The molecule has 3 aromatic carbocycles. The summed E-state index contributed by atoms with van der Waals surface area (Å²) < 4.78 is 1.17. The predicted molar refractivity (Wildman–Crippen MR) is 117 cm³/mol. The number of amides is 1. The van der Waals surface area contributed by atoms with Crippen molar-refractivity contribution in [1.82, 2.24) is 0 Å². The van der Waals surface area contributed by atoms with Crippen LogP contribution >= 0.6 is 22.6 Å². The van der Waals surface area contributed by atoms with E-state index >= 15 is 0 Å². The van der Waals surface area contributed by atoms with Crippen LogP contribution in [0, 0.1) is 3.57 Å². The predicted octanol–water partition coefficient (Wildman–Crippen LogP) is 5.80. The number of halogens is 1. The van der Waals surface area contributed by atoms with Gasteiger partial charge in [0.05, 0.1) is 5.41 Å². The van der Waals surface area contributed by atoms with E-state index in [1.807, 2.05) is 79.7 Å². The zero-order chi connectivity index (χ0) is 18.6. The number of rotatable bonds is 5. The maximum Gasteiger partial charge on any atom is 0.239 e. The molecule has 0 bridgehead atoms. The molecule has 0 atom stereocenters. The third-order valence-corrected chi connectivity index (χ3v) is 5.52. The number of hydrogen-bond acceptors (Lipinski definition) is 1. The number of nitrogens with one attached hydrogen (secondary N) is 1. The maximum atomic E-state index is 13.5. The van der Waals surface area contributed by atoms with Crippen LogP contribution in [-0.4, -0.2) is 5.91 Å². The Bertz CT molecular complexity index is 851. The minimum Gasteiger partial charge on any atom is -0.325 e. The summed E-state index contributed by atoms with van der Waals surface area (Å²) in [6.07, 6.45) is 0.875. The lowest BCUT2D eigenvalue weighted by molar-refractivity contribution is -0.119. The van der Waals surface area contributed by atoms with E-state index in [2.05, 4.69) is 40.9 Å². The smallest absolute Gasteiger partial charge is 0.239 e. The fourth-order valence-electron chi connectivity index (χ4n) is 3.20. The minimum atomic E-state index is -0.767. The lowest BCUT2D eigenvalue weighted by Gasteiger charge is -2.30. The second-order valence-corrected chi connectivity index (χ2v) is 7.71. The van der Waals surface area contributed by atoms with E-state index in [-0.39, 0.29) is 5.91 Å². The van der Waals surface area contributed by atoms with Crippen LogP contribution in [0.25, 0.3) is 0 Å². The fourth-order valence-corrected chi connectivity index (χ4v) is 3.75. The van der Waals surface area contributed by atoms with E-state index in [1.165, 1.54) is 3.57 Å². The van der Waals surface area contributed by atoms with E-state index in [1.54, 1.807) is 0 Å². The van der Waals surface area contributed by atoms with Gasteiger partial charge in [0.25, 0.3) is 0 Å². The van der Waals surface area contributed by atoms with Gasteiger partial charge in [-0.1, -0.05) is 67.6 Å². The Kier molecular flexibility index (Phi) is 5.77. The molecule has 26 heavy (non-hydrogen) atoms. The summed E-state index contributed by atoms with van der Waals surface area (Å²) in [6, 6.07) is 26.1. The zero-order valence-corrected chi connectivity index (χ0v) is 17.2. The van der Waals surface area contributed by atoms with Gasteiger partial charge in [-0.15, -0.1) is 0 Å². The van der Waals surface area contributed by atoms with Crippen molar-refractivity contribution < 1.29 is 4.79 Å². The number of hydrogen-bond donors (Lipinski definition) is 1. The van der Waals surface area contributed by atoms with Crippen molar-refractivity contribution in [2.75, 3.05) is 5.32 Å². The van der Waals surface area contributed by atoms with Crippen LogP contribution in [0.2, 0.25) is 0 Å². The van der Waals surface area contributed by atoms with Crippen LogP contribution in [-0.2, 0) is 16.6 Å². The van der Waals surface area contributed by atoms with Crippen molar-refractivity contribution >= 4 is 34.2 Å². The summed E-state index contributed by atoms with van der Waals surface area (Å²) in [5.41, 5.74) is 3.22. The zero-order valence-electron chi connectivity index (χ0n) is 15.0. The van der Waals surface area contributed by atoms with Crippen LogP contribution in [0.1, 0.15) is 30.5 Å². The molecular formula is C23H22INO. The normalized spacial score (nSPS) is 11.2. The number of anilines is 1. The number of carbonyl (C=O) groups excluding carboxylic acids is 1. The Hall–Kier alpha value is -2.14. The molecule has 132 valence electrons. The molecule has 1 N–H and O–H groups in total. The fraction of sp³-hybridized carbons (Fsp3) is 0.174. The van der Waals surface area contributed by atoms with Crippen LogP contribution < -0.4 is 5.32 Å². The van der Waals surface area contributed by atoms with Crippen LogP contribution in [0.15, 0.2) is 78.9 Å². The van der Waals surface area contributed by atoms with Gasteiger partial charge in [-0.05, 0) is 70.8 Å². The van der Waals surface area contributed by atoms with Crippen molar-refractivity contribution in [3.63, 3.8) is 0 Å². The van der Waals surface area contributed by atoms with Crippen LogP contribution in [0.3, 0.4) is 0 Å². The molecule has 1 amide bonds. The highest BCUT2D eigenvalue weighted by Crippen LogP contribution is 2.34. The molecule has 0 unspecified atom stereocenters. The molecule has 0 saturated heterocycles. The summed E-state index contributed by atoms with van der Waals surface area (Å²) in [5.74, 6) is -0.0224. The van der Waals surface area contributed by atoms with Gasteiger partial charge in [0.15, 0.2) is 0 Å². The van der Waals surface area contributed by atoms with Crippen molar-refractivity contribution in [3.05, 3.63) is 99.1 Å². The first kappa shape index (κ1) is 18.6. The lowest BCUT2D eigenvalue weighted by Crippen LogP contribution is -2.39. The van der Waals surface area contributed by atoms with Crippen LogP contribution in [0.5, 0.6) is 0 Å². The van der Waals surface area contributed by atoms with Gasteiger partial charge in [-0.3, -0.25) is 4.79 Å². The van der Waals surface area contributed by atoms with Crippen molar-refractivity contribution in [2.45, 2.75) is 25.7 Å². The van der Waals surface area contributed by atoms with Crippen molar-refractivity contribution in [1.29, 1.82) is 0 Å². The molecule has 0 spiro atoms. The Morgan fingerprint density at radius 2 is 1.46 bits per heavy atom. The first-order chi connectivity index (χ1) is 12.6. The highest BCUT2D eigenvalue weighted by molar-refractivity contribution is 14.1. The first-order valence-electron chi connectivity index (χ1n) is 8.76. The molecular weight excluding hydrogens is 433 g/mol. The Morgan fingerprint density at radius 1 is 0.923 bits per heavy atom. The Morgan fingerprint density at radius 3 is 1.96 bits per heavy atom. The van der Waals surface area contributed by atoms with Crippen molar-refractivity contribution in [2.24, 2.45) is 0 Å². The maximum absolute atomic E-state index is 13.5. The largest absolute Gasteiger partial charge is 0.325 e. The molecule has 0 aliphatic rings. The molecule has 0 fully saturated rings. The lowest BCUT2D eigenvalue weighted by atomic mass is 9.75. The third kappa shape index (κ3) is 3.68. The highest BCUT2D eigenvalue weighted by atomic mass is 127. The quantitative estimate of drug-likeness (QED) is 0.485.